The topological polar surface area (TPSA) is 63.6 Å². The average molecular weight is 463 g/mol. The van der Waals surface area contributed by atoms with Crippen LogP contribution in [-0.2, 0) is 14.6 Å². The van der Waals surface area contributed by atoms with Crippen LogP contribution in [0.3, 0.4) is 0 Å². The maximum absolute atomic E-state index is 11.1. The van der Waals surface area contributed by atoms with E-state index >= 15 is 0 Å². The molecule has 0 amide bonds. The van der Waals surface area contributed by atoms with E-state index in [1.165, 1.54) is 96.3 Å². The number of rotatable bonds is 24. The molecule has 0 spiro atoms. The first-order valence-electron chi connectivity index (χ1n) is 13.6. The van der Waals surface area contributed by atoms with E-state index in [4.69, 9.17) is 8.74 Å². The lowest BCUT2D eigenvalue weighted by Gasteiger charge is -2.22. The van der Waals surface area contributed by atoms with Gasteiger partial charge in [-0.2, -0.15) is 8.42 Å². The third-order valence-corrected chi connectivity index (χ3v) is 6.98. The second-order valence-electron chi connectivity index (χ2n) is 9.63. The summed E-state index contributed by atoms with van der Waals surface area (Å²) in [5.41, 5.74) is 0. The van der Waals surface area contributed by atoms with Gasteiger partial charge in [-0.15, -0.1) is 0 Å². The van der Waals surface area contributed by atoms with E-state index in [0.29, 0.717) is 6.42 Å². The fourth-order valence-electron chi connectivity index (χ4n) is 4.38. The van der Waals surface area contributed by atoms with E-state index < -0.39 is 16.5 Å². The summed E-state index contributed by atoms with van der Waals surface area (Å²) in [4.78, 5) is 0. The first kappa shape index (κ1) is 30.9. The van der Waals surface area contributed by atoms with E-state index in [1.807, 2.05) is 6.92 Å². The molecule has 0 radical (unpaired) electrons. The van der Waals surface area contributed by atoms with Crippen LogP contribution >= 0.6 is 0 Å². The van der Waals surface area contributed by atoms with E-state index in [1.54, 1.807) is 0 Å². The molecule has 4 nitrogen and oxygen atoms in total. The highest BCUT2D eigenvalue weighted by Crippen LogP contribution is 2.23. The van der Waals surface area contributed by atoms with Gasteiger partial charge in [-0.1, -0.05) is 143 Å². The molecule has 0 saturated heterocycles. The van der Waals surface area contributed by atoms with Gasteiger partial charge in [-0.3, -0.25) is 4.55 Å². The highest BCUT2D eigenvalue weighted by molar-refractivity contribution is 7.80. The van der Waals surface area contributed by atoms with E-state index in [-0.39, 0.29) is 5.92 Å². The van der Waals surface area contributed by atoms with Gasteiger partial charge >= 0.3 is 10.4 Å². The van der Waals surface area contributed by atoms with Crippen molar-refractivity contribution in [3.8, 4) is 0 Å². The third-order valence-electron chi connectivity index (χ3n) is 6.49. The number of hydrogen-bond acceptors (Lipinski definition) is 3. The normalized spacial score (nSPS) is 14.1. The Kier molecular flexibility index (Phi) is 21.6. The Hall–Kier alpha value is -0.130. The molecular formula is C26H54O4S. The molecule has 0 aromatic carbocycles. The van der Waals surface area contributed by atoms with Crippen molar-refractivity contribution in [3.63, 3.8) is 0 Å². The molecule has 0 fully saturated rings. The molecule has 0 bridgehead atoms. The standard InChI is InChI=1S/C26H54O4S/c1-4-6-8-9-10-11-12-13-14-15-16-17-18-19-20-22-23-25(3)26(24-21-7-5-2)30-31(27,28)29/h25-26H,4-24H2,1-3H3,(H,27,28,29). The van der Waals surface area contributed by atoms with Crippen molar-refractivity contribution >= 4 is 10.4 Å². The zero-order valence-electron chi connectivity index (χ0n) is 21.1. The molecule has 0 heterocycles. The van der Waals surface area contributed by atoms with Crippen molar-refractivity contribution in [3.05, 3.63) is 0 Å². The highest BCUT2D eigenvalue weighted by atomic mass is 32.3. The van der Waals surface area contributed by atoms with Crippen LogP contribution < -0.4 is 0 Å². The van der Waals surface area contributed by atoms with Crippen LogP contribution in [0.5, 0.6) is 0 Å². The van der Waals surface area contributed by atoms with E-state index in [9.17, 15) is 8.42 Å². The Morgan fingerprint density at radius 3 is 1.29 bits per heavy atom. The van der Waals surface area contributed by atoms with Crippen molar-refractivity contribution in [2.45, 2.75) is 162 Å². The summed E-state index contributed by atoms with van der Waals surface area (Å²) >= 11 is 0. The predicted molar refractivity (Wildman–Crippen MR) is 134 cm³/mol. The fraction of sp³-hybridized carbons (Fsp3) is 1.00. The Labute approximate surface area is 195 Å². The van der Waals surface area contributed by atoms with Gasteiger partial charge in [-0.25, -0.2) is 4.18 Å². The smallest absolute Gasteiger partial charge is 0.264 e. The second kappa shape index (κ2) is 21.7. The van der Waals surface area contributed by atoms with Gasteiger partial charge in [0.15, 0.2) is 0 Å². The summed E-state index contributed by atoms with van der Waals surface area (Å²) in [6.07, 6.45) is 26.1. The molecule has 31 heavy (non-hydrogen) atoms. The van der Waals surface area contributed by atoms with Gasteiger partial charge in [0.1, 0.15) is 0 Å². The van der Waals surface area contributed by atoms with Crippen LogP contribution in [-0.4, -0.2) is 19.1 Å². The lowest BCUT2D eigenvalue weighted by molar-refractivity contribution is 0.113. The average Bonchev–Trinajstić information content (AvgIpc) is 2.71. The quantitative estimate of drug-likeness (QED) is 0.115. The molecular weight excluding hydrogens is 408 g/mol. The lowest BCUT2D eigenvalue weighted by atomic mass is 9.93. The minimum atomic E-state index is -4.37. The zero-order chi connectivity index (χ0) is 23.2. The SMILES string of the molecule is CCCCCCCCCCCCCCCCCCC(C)C(CCCCC)OS(=O)(=O)O. The van der Waals surface area contributed by atoms with Crippen molar-refractivity contribution in [1.82, 2.24) is 0 Å². The van der Waals surface area contributed by atoms with Crippen molar-refractivity contribution in [1.29, 1.82) is 0 Å². The Morgan fingerprint density at radius 2 is 0.903 bits per heavy atom. The maximum Gasteiger partial charge on any atom is 0.397 e. The molecule has 0 aliphatic heterocycles. The summed E-state index contributed by atoms with van der Waals surface area (Å²) in [7, 11) is -4.37. The molecule has 0 rings (SSSR count). The van der Waals surface area contributed by atoms with Crippen LogP contribution in [0.4, 0.5) is 0 Å². The van der Waals surface area contributed by atoms with Gasteiger partial charge in [0.25, 0.3) is 0 Å². The third kappa shape index (κ3) is 22.8. The first-order chi connectivity index (χ1) is 14.9. The van der Waals surface area contributed by atoms with Gasteiger partial charge in [-0.05, 0) is 18.8 Å². The van der Waals surface area contributed by atoms with Crippen LogP contribution in [0.1, 0.15) is 156 Å². The summed E-state index contributed by atoms with van der Waals surface area (Å²) in [6.45, 7) is 6.45. The molecule has 2 atom stereocenters. The minimum absolute atomic E-state index is 0.158. The Bertz CT molecular complexity index is 464. The van der Waals surface area contributed by atoms with Crippen molar-refractivity contribution in [2.24, 2.45) is 5.92 Å². The monoisotopic (exact) mass is 462 g/mol. The van der Waals surface area contributed by atoms with Crippen molar-refractivity contribution < 1.29 is 17.2 Å². The van der Waals surface area contributed by atoms with Gasteiger partial charge in [0, 0.05) is 0 Å². The molecule has 0 aliphatic rings. The van der Waals surface area contributed by atoms with Crippen LogP contribution in [0.15, 0.2) is 0 Å². The molecule has 0 aromatic heterocycles. The summed E-state index contributed by atoms with van der Waals surface area (Å²) in [5, 5.41) is 0. The van der Waals surface area contributed by atoms with Crippen molar-refractivity contribution in [2.75, 3.05) is 0 Å². The fourth-order valence-corrected chi connectivity index (χ4v) is 4.98. The largest absolute Gasteiger partial charge is 0.397 e. The maximum atomic E-state index is 11.1. The number of hydrogen-bond donors (Lipinski definition) is 1. The predicted octanol–water partition coefficient (Wildman–Crippen LogP) is 9.04. The lowest BCUT2D eigenvalue weighted by Crippen LogP contribution is -2.25. The Morgan fingerprint density at radius 1 is 0.581 bits per heavy atom. The van der Waals surface area contributed by atoms with Gasteiger partial charge < -0.3 is 0 Å². The minimum Gasteiger partial charge on any atom is -0.264 e. The molecule has 0 aromatic rings. The van der Waals surface area contributed by atoms with E-state index in [2.05, 4.69) is 13.8 Å². The summed E-state index contributed by atoms with van der Waals surface area (Å²) < 4.78 is 36.3. The highest BCUT2D eigenvalue weighted by Gasteiger charge is 2.22. The van der Waals surface area contributed by atoms with Crippen LogP contribution in [0.2, 0.25) is 0 Å². The molecule has 0 aliphatic carbocycles. The molecule has 1 N–H and O–H groups in total. The zero-order valence-corrected chi connectivity index (χ0v) is 21.9. The van der Waals surface area contributed by atoms with Gasteiger partial charge in [0.2, 0.25) is 0 Å². The molecule has 5 heteroatoms. The van der Waals surface area contributed by atoms with E-state index in [0.717, 1.165) is 32.1 Å². The molecule has 188 valence electrons. The summed E-state index contributed by atoms with van der Waals surface area (Å²) in [5.74, 6) is 0.158. The summed E-state index contributed by atoms with van der Waals surface area (Å²) in [6, 6.07) is 0. The molecule has 0 saturated carbocycles. The molecule has 2 unspecified atom stereocenters. The van der Waals surface area contributed by atoms with Gasteiger partial charge in [0.05, 0.1) is 6.10 Å². The van der Waals surface area contributed by atoms with Crippen LogP contribution in [0.25, 0.3) is 0 Å². The second-order valence-corrected chi connectivity index (χ2v) is 10.7. The number of unbranched alkanes of at least 4 members (excludes halogenated alkanes) is 17. The Balaban J connectivity index is 3.58. The van der Waals surface area contributed by atoms with Crippen LogP contribution in [0, 0.1) is 5.92 Å². The first-order valence-corrected chi connectivity index (χ1v) is 14.9.